The lowest BCUT2D eigenvalue weighted by atomic mass is 9.86. The minimum Gasteiger partial charge on any atom is -0.497 e. The molecule has 1 atom stereocenters. The first-order chi connectivity index (χ1) is 11.8. The number of carbonyl (C=O) groups is 1. The normalized spacial score (nSPS) is 20.3. The van der Waals surface area contributed by atoms with Gasteiger partial charge in [0.25, 0.3) is 5.91 Å². The Morgan fingerprint density at radius 3 is 2.71 bits per heavy atom. The number of hydrogen-bond acceptors (Lipinski definition) is 3. The van der Waals surface area contributed by atoms with E-state index < -0.39 is 0 Å². The Labute approximate surface area is 141 Å². The standard InChI is InChI=1S/C20H20N2O2/c1-24-17-8-6-14(7-9-17)18-12-16-5-3-11-22(16)20(23)19(18)15-4-2-10-21-13-15/h2,4,6-10,13,16H,3,5,11-12H2,1H3/t16-/m1/s1. The number of benzene rings is 1. The second-order valence-corrected chi connectivity index (χ2v) is 6.32. The van der Waals surface area contributed by atoms with Crippen LogP contribution in [0.5, 0.6) is 5.75 Å². The number of amides is 1. The van der Waals surface area contributed by atoms with E-state index in [1.54, 1.807) is 19.5 Å². The second kappa shape index (κ2) is 6.11. The highest BCUT2D eigenvalue weighted by Crippen LogP contribution is 2.40. The molecule has 1 aromatic carbocycles. The number of pyridine rings is 1. The summed E-state index contributed by atoms with van der Waals surface area (Å²) < 4.78 is 5.26. The van der Waals surface area contributed by atoms with Crippen molar-refractivity contribution in [1.82, 2.24) is 9.88 Å². The van der Waals surface area contributed by atoms with E-state index >= 15 is 0 Å². The van der Waals surface area contributed by atoms with E-state index in [1.807, 2.05) is 41.3 Å². The molecule has 2 aromatic rings. The largest absolute Gasteiger partial charge is 0.497 e. The highest BCUT2D eigenvalue weighted by atomic mass is 16.5. The molecule has 4 nitrogen and oxygen atoms in total. The third-order valence-electron chi connectivity index (χ3n) is 4.98. The van der Waals surface area contributed by atoms with Crippen LogP contribution in [0.3, 0.4) is 0 Å². The highest BCUT2D eigenvalue weighted by Gasteiger charge is 2.37. The van der Waals surface area contributed by atoms with Crippen LogP contribution in [0.1, 0.15) is 30.4 Å². The molecule has 0 saturated carbocycles. The first-order valence-corrected chi connectivity index (χ1v) is 8.37. The van der Waals surface area contributed by atoms with Gasteiger partial charge in [-0.05, 0) is 48.6 Å². The van der Waals surface area contributed by atoms with Crippen LogP contribution < -0.4 is 4.74 Å². The zero-order valence-electron chi connectivity index (χ0n) is 13.7. The van der Waals surface area contributed by atoms with Gasteiger partial charge in [-0.3, -0.25) is 9.78 Å². The molecule has 0 aliphatic carbocycles. The number of ether oxygens (including phenoxy) is 1. The van der Waals surface area contributed by atoms with Crippen LogP contribution in [-0.2, 0) is 4.79 Å². The quantitative estimate of drug-likeness (QED) is 0.870. The lowest BCUT2D eigenvalue weighted by Gasteiger charge is -2.33. The Bertz CT molecular complexity index is 781. The Balaban J connectivity index is 1.86. The molecular weight excluding hydrogens is 300 g/mol. The molecule has 2 aliphatic heterocycles. The van der Waals surface area contributed by atoms with Gasteiger partial charge in [-0.1, -0.05) is 18.2 Å². The van der Waals surface area contributed by atoms with Gasteiger partial charge in [-0.2, -0.15) is 0 Å². The summed E-state index contributed by atoms with van der Waals surface area (Å²) in [5.41, 5.74) is 3.92. The van der Waals surface area contributed by atoms with Crippen LogP contribution >= 0.6 is 0 Å². The van der Waals surface area contributed by atoms with Gasteiger partial charge in [-0.15, -0.1) is 0 Å². The molecule has 1 saturated heterocycles. The first-order valence-electron chi connectivity index (χ1n) is 8.37. The fourth-order valence-corrected chi connectivity index (χ4v) is 3.79. The van der Waals surface area contributed by atoms with Crippen molar-refractivity contribution in [1.29, 1.82) is 0 Å². The molecule has 0 bridgehead atoms. The number of methoxy groups -OCH3 is 1. The molecule has 0 radical (unpaired) electrons. The van der Waals surface area contributed by atoms with E-state index in [2.05, 4.69) is 4.98 Å². The van der Waals surface area contributed by atoms with Gasteiger partial charge in [0.05, 0.1) is 12.7 Å². The Kier molecular flexibility index (Phi) is 3.81. The highest BCUT2D eigenvalue weighted by molar-refractivity contribution is 6.28. The van der Waals surface area contributed by atoms with Gasteiger partial charge in [-0.25, -0.2) is 0 Å². The van der Waals surface area contributed by atoms with Gasteiger partial charge in [0.1, 0.15) is 5.75 Å². The molecule has 3 heterocycles. The number of fused-ring (bicyclic) bond motifs is 1. The zero-order valence-corrected chi connectivity index (χ0v) is 13.7. The molecule has 24 heavy (non-hydrogen) atoms. The van der Waals surface area contributed by atoms with Crippen LogP contribution in [0.25, 0.3) is 11.1 Å². The van der Waals surface area contributed by atoms with E-state index in [-0.39, 0.29) is 5.91 Å². The molecule has 4 rings (SSSR count). The second-order valence-electron chi connectivity index (χ2n) is 6.32. The van der Waals surface area contributed by atoms with Crippen molar-refractivity contribution >= 4 is 17.1 Å². The van der Waals surface area contributed by atoms with E-state index in [0.717, 1.165) is 53.8 Å². The van der Waals surface area contributed by atoms with Crippen molar-refractivity contribution in [3.63, 3.8) is 0 Å². The molecule has 1 aromatic heterocycles. The molecule has 0 spiro atoms. The van der Waals surface area contributed by atoms with E-state index in [9.17, 15) is 4.79 Å². The van der Waals surface area contributed by atoms with Crippen molar-refractivity contribution in [3.05, 3.63) is 59.9 Å². The van der Waals surface area contributed by atoms with Crippen LogP contribution in [0, 0.1) is 0 Å². The van der Waals surface area contributed by atoms with E-state index in [1.165, 1.54) is 0 Å². The summed E-state index contributed by atoms with van der Waals surface area (Å²) in [7, 11) is 1.66. The third kappa shape index (κ3) is 2.48. The molecule has 1 fully saturated rings. The van der Waals surface area contributed by atoms with Crippen LogP contribution in [0.15, 0.2) is 48.8 Å². The monoisotopic (exact) mass is 320 g/mol. The lowest BCUT2D eigenvalue weighted by molar-refractivity contribution is -0.126. The summed E-state index contributed by atoms with van der Waals surface area (Å²) >= 11 is 0. The fourth-order valence-electron chi connectivity index (χ4n) is 3.79. The first kappa shape index (κ1) is 14.9. The molecule has 0 unspecified atom stereocenters. The van der Waals surface area contributed by atoms with Gasteiger partial charge >= 0.3 is 0 Å². The lowest BCUT2D eigenvalue weighted by Crippen LogP contribution is -2.39. The molecular formula is C20H20N2O2. The van der Waals surface area contributed by atoms with Crippen LogP contribution in [0.4, 0.5) is 0 Å². The minimum absolute atomic E-state index is 0.141. The zero-order chi connectivity index (χ0) is 16.5. The molecule has 122 valence electrons. The topological polar surface area (TPSA) is 42.4 Å². The summed E-state index contributed by atoms with van der Waals surface area (Å²) in [5, 5.41) is 0. The average Bonchev–Trinajstić information content (AvgIpc) is 3.11. The number of rotatable bonds is 3. The summed E-state index contributed by atoms with van der Waals surface area (Å²) in [5.74, 6) is 0.967. The molecule has 2 aliphatic rings. The van der Waals surface area contributed by atoms with Crippen molar-refractivity contribution in [2.24, 2.45) is 0 Å². The number of carbonyl (C=O) groups excluding carboxylic acids is 1. The molecule has 4 heteroatoms. The smallest absolute Gasteiger partial charge is 0.255 e. The van der Waals surface area contributed by atoms with Crippen molar-refractivity contribution in [2.45, 2.75) is 25.3 Å². The SMILES string of the molecule is COc1ccc(C2=C(c3cccnc3)C(=O)N3CCC[C@@H]3C2)cc1. The third-order valence-corrected chi connectivity index (χ3v) is 4.98. The number of nitrogens with zero attached hydrogens (tertiary/aromatic N) is 2. The van der Waals surface area contributed by atoms with Gasteiger partial charge in [0.15, 0.2) is 0 Å². The van der Waals surface area contributed by atoms with Gasteiger partial charge < -0.3 is 9.64 Å². The van der Waals surface area contributed by atoms with Gasteiger partial charge in [0.2, 0.25) is 0 Å². The number of aromatic nitrogens is 1. The maximum atomic E-state index is 13.1. The Morgan fingerprint density at radius 1 is 1.17 bits per heavy atom. The summed E-state index contributed by atoms with van der Waals surface area (Å²) in [6, 6.07) is 12.2. The molecule has 0 N–H and O–H groups in total. The maximum Gasteiger partial charge on any atom is 0.255 e. The van der Waals surface area contributed by atoms with Crippen molar-refractivity contribution in [3.8, 4) is 5.75 Å². The Hall–Kier alpha value is -2.62. The summed E-state index contributed by atoms with van der Waals surface area (Å²) in [6.45, 7) is 0.864. The van der Waals surface area contributed by atoms with Crippen molar-refractivity contribution in [2.75, 3.05) is 13.7 Å². The fraction of sp³-hybridized carbons (Fsp3) is 0.300. The van der Waals surface area contributed by atoms with Crippen molar-refractivity contribution < 1.29 is 9.53 Å². The van der Waals surface area contributed by atoms with E-state index in [0.29, 0.717) is 6.04 Å². The maximum absolute atomic E-state index is 13.1. The minimum atomic E-state index is 0.141. The molecule has 1 amide bonds. The number of hydrogen-bond donors (Lipinski definition) is 0. The van der Waals surface area contributed by atoms with Crippen LogP contribution in [0.2, 0.25) is 0 Å². The Morgan fingerprint density at radius 2 is 2.00 bits per heavy atom. The predicted octanol–water partition coefficient (Wildman–Crippen LogP) is 3.40. The summed E-state index contributed by atoms with van der Waals surface area (Å²) in [4.78, 5) is 19.4. The van der Waals surface area contributed by atoms with Crippen LogP contribution in [-0.4, -0.2) is 35.5 Å². The average molecular weight is 320 g/mol. The van der Waals surface area contributed by atoms with E-state index in [4.69, 9.17) is 4.74 Å². The summed E-state index contributed by atoms with van der Waals surface area (Å²) in [6.07, 6.45) is 6.61. The predicted molar refractivity (Wildman–Crippen MR) is 93.4 cm³/mol. The van der Waals surface area contributed by atoms with Gasteiger partial charge in [0, 0.05) is 30.5 Å².